The Kier molecular flexibility index (Phi) is 5.33. The van der Waals surface area contributed by atoms with E-state index in [1.807, 2.05) is 24.3 Å². The fourth-order valence-electron chi connectivity index (χ4n) is 3.14. The second-order valence-corrected chi connectivity index (χ2v) is 6.32. The molecule has 130 valence electrons. The zero-order valence-corrected chi connectivity index (χ0v) is 14.3. The van der Waals surface area contributed by atoms with Crippen molar-refractivity contribution in [1.29, 1.82) is 0 Å². The minimum atomic E-state index is -0.233. The van der Waals surface area contributed by atoms with Crippen molar-refractivity contribution in [2.45, 2.75) is 31.7 Å². The standard InChI is InChI=1S/C20H23N3O2/c1-21-19(24)14-6-4-7-15(12-14)20(25)23-18-11-5-10-17(13-18)22-16-8-2-3-9-16/h4-7,10-13,16,22H,2-3,8-9H2,1H3,(H,21,24)(H,23,25). The fourth-order valence-corrected chi connectivity index (χ4v) is 3.14. The molecule has 2 amide bonds. The predicted octanol–water partition coefficient (Wildman–Crippen LogP) is 3.65. The number of hydrogen-bond donors (Lipinski definition) is 3. The second kappa shape index (κ2) is 7.83. The zero-order valence-electron chi connectivity index (χ0n) is 14.3. The maximum atomic E-state index is 12.5. The van der Waals surface area contributed by atoms with Crippen LogP contribution >= 0.6 is 0 Å². The van der Waals surface area contributed by atoms with E-state index in [0.717, 1.165) is 11.4 Å². The van der Waals surface area contributed by atoms with Gasteiger partial charge in [-0.2, -0.15) is 0 Å². The summed E-state index contributed by atoms with van der Waals surface area (Å²) in [7, 11) is 1.57. The molecule has 0 unspecified atom stereocenters. The van der Waals surface area contributed by atoms with E-state index in [9.17, 15) is 9.59 Å². The van der Waals surface area contributed by atoms with Crippen molar-refractivity contribution in [2.75, 3.05) is 17.7 Å². The van der Waals surface area contributed by atoms with Gasteiger partial charge >= 0.3 is 0 Å². The van der Waals surface area contributed by atoms with Crippen LogP contribution in [0.3, 0.4) is 0 Å². The lowest BCUT2D eigenvalue weighted by Gasteiger charge is -2.14. The van der Waals surface area contributed by atoms with E-state index in [2.05, 4.69) is 16.0 Å². The Morgan fingerprint density at radius 3 is 2.24 bits per heavy atom. The number of amides is 2. The molecule has 0 spiro atoms. The van der Waals surface area contributed by atoms with Gasteiger partial charge in [-0.3, -0.25) is 9.59 Å². The van der Waals surface area contributed by atoms with Crippen molar-refractivity contribution in [1.82, 2.24) is 5.32 Å². The average Bonchev–Trinajstić information content (AvgIpc) is 3.14. The largest absolute Gasteiger partial charge is 0.382 e. The first-order chi connectivity index (χ1) is 12.2. The molecule has 5 heteroatoms. The highest BCUT2D eigenvalue weighted by Crippen LogP contribution is 2.24. The molecule has 1 fully saturated rings. The third kappa shape index (κ3) is 4.38. The first-order valence-electron chi connectivity index (χ1n) is 8.66. The summed E-state index contributed by atoms with van der Waals surface area (Å²) in [5.74, 6) is -0.443. The summed E-state index contributed by atoms with van der Waals surface area (Å²) < 4.78 is 0. The van der Waals surface area contributed by atoms with E-state index < -0.39 is 0 Å². The van der Waals surface area contributed by atoms with Crippen molar-refractivity contribution < 1.29 is 9.59 Å². The van der Waals surface area contributed by atoms with Crippen LogP contribution in [-0.4, -0.2) is 24.9 Å². The van der Waals surface area contributed by atoms with E-state index in [1.165, 1.54) is 25.7 Å². The Labute approximate surface area is 147 Å². The minimum absolute atomic E-state index is 0.211. The fraction of sp³-hybridized carbons (Fsp3) is 0.300. The van der Waals surface area contributed by atoms with Crippen LogP contribution in [-0.2, 0) is 0 Å². The normalized spacial score (nSPS) is 14.1. The molecular weight excluding hydrogens is 314 g/mol. The lowest BCUT2D eigenvalue weighted by Crippen LogP contribution is -2.19. The minimum Gasteiger partial charge on any atom is -0.382 e. The zero-order chi connectivity index (χ0) is 17.6. The van der Waals surface area contributed by atoms with Crippen molar-refractivity contribution in [2.24, 2.45) is 0 Å². The third-order valence-corrected chi connectivity index (χ3v) is 4.46. The highest BCUT2D eigenvalue weighted by molar-refractivity contribution is 6.06. The van der Waals surface area contributed by atoms with Crippen LogP contribution in [0.25, 0.3) is 0 Å². The van der Waals surface area contributed by atoms with E-state index in [4.69, 9.17) is 0 Å². The molecule has 0 aliphatic heterocycles. The Balaban J connectivity index is 1.69. The molecule has 2 aromatic rings. The van der Waals surface area contributed by atoms with Crippen LogP contribution in [0.5, 0.6) is 0 Å². The van der Waals surface area contributed by atoms with Gasteiger partial charge in [-0.15, -0.1) is 0 Å². The Morgan fingerprint density at radius 1 is 0.880 bits per heavy atom. The first-order valence-corrected chi connectivity index (χ1v) is 8.66. The monoisotopic (exact) mass is 337 g/mol. The molecule has 0 radical (unpaired) electrons. The number of rotatable bonds is 5. The molecule has 0 bridgehead atoms. The van der Waals surface area contributed by atoms with Gasteiger partial charge in [-0.25, -0.2) is 0 Å². The van der Waals surface area contributed by atoms with Crippen LogP contribution in [0.15, 0.2) is 48.5 Å². The van der Waals surface area contributed by atoms with Gasteiger partial charge in [0.2, 0.25) is 0 Å². The molecule has 3 N–H and O–H groups in total. The number of hydrogen-bond acceptors (Lipinski definition) is 3. The summed E-state index contributed by atoms with van der Waals surface area (Å²) >= 11 is 0. The van der Waals surface area contributed by atoms with Gasteiger partial charge in [0.05, 0.1) is 0 Å². The summed E-state index contributed by atoms with van der Waals surface area (Å²) in [6, 6.07) is 14.9. The lowest BCUT2D eigenvalue weighted by atomic mass is 10.1. The van der Waals surface area contributed by atoms with Crippen LogP contribution in [0.4, 0.5) is 11.4 Å². The van der Waals surface area contributed by atoms with Gasteiger partial charge < -0.3 is 16.0 Å². The predicted molar refractivity (Wildman–Crippen MR) is 100 cm³/mol. The Hall–Kier alpha value is -2.82. The van der Waals surface area contributed by atoms with Gasteiger partial charge in [-0.05, 0) is 49.2 Å². The van der Waals surface area contributed by atoms with E-state index in [0.29, 0.717) is 17.2 Å². The summed E-state index contributed by atoms with van der Waals surface area (Å²) in [4.78, 5) is 24.2. The quantitative estimate of drug-likeness (QED) is 0.780. The molecular formula is C20H23N3O2. The maximum absolute atomic E-state index is 12.5. The third-order valence-electron chi connectivity index (χ3n) is 4.46. The number of carbonyl (C=O) groups is 2. The van der Waals surface area contributed by atoms with Crippen LogP contribution in [0.2, 0.25) is 0 Å². The number of benzene rings is 2. The molecule has 1 saturated carbocycles. The Bertz CT molecular complexity index is 767. The van der Waals surface area contributed by atoms with Gasteiger partial charge in [-0.1, -0.05) is 25.0 Å². The summed E-state index contributed by atoms with van der Waals surface area (Å²) in [5, 5.41) is 8.98. The number of carbonyl (C=O) groups excluding carboxylic acids is 2. The van der Waals surface area contributed by atoms with E-state index in [1.54, 1.807) is 31.3 Å². The summed E-state index contributed by atoms with van der Waals surface area (Å²) in [5.41, 5.74) is 2.67. The molecule has 25 heavy (non-hydrogen) atoms. The lowest BCUT2D eigenvalue weighted by molar-refractivity contribution is 0.0963. The molecule has 0 saturated heterocycles. The van der Waals surface area contributed by atoms with E-state index in [-0.39, 0.29) is 11.8 Å². The van der Waals surface area contributed by atoms with Gasteiger partial charge in [0.15, 0.2) is 0 Å². The molecule has 0 heterocycles. The van der Waals surface area contributed by atoms with Crippen LogP contribution < -0.4 is 16.0 Å². The first kappa shape index (κ1) is 17.0. The van der Waals surface area contributed by atoms with Gasteiger partial charge in [0.25, 0.3) is 11.8 Å². The summed E-state index contributed by atoms with van der Waals surface area (Å²) in [6.07, 6.45) is 4.94. The smallest absolute Gasteiger partial charge is 0.255 e. The molecule has 2 aromatic carbocycles. The molecule has 5 nitrogen and oxygen atoms in total. The van der Waals surface area contributed by atoms with Crippen molar-refractivity contribution in [3.05, 3.63) is 59.7 Å². The van der Waals surface area contributed by atoms with Gasteiger partial charge in [0, 0.05) is 35.6 Å². The summed E-state index contributed by atoms with van der Waals surface area (Å²) in [6.45, 7) is 0. The number of nitrogens with one attached hydrogen (secondary N) is 3. The number of anilines is 2. The second-order valence-electron chi connectivity index (χ2n) is 6.32. The molecule has 0 atom stereocenters. The molecule has 1 aliphatic rings. The van der Waals surface area contributed by atoms with Gasteiger partial charge in [0.1, 0.15) is 0 Å². The average molecular weight is 337 g/mol. The Morgan fingerprint density at radius 2 is 1.52 bits per heavy atom. The highest BCUT2D eigenvalue weighted by Gasteiger charge is 2.15. The molecule has 0 aromatic heterocycles. The molecule has 3 rings (SSSR count). The molecule has 1 aliphatic carbocycles. The van der Waals surface area contributed by atoms with Crippen molar-refractivity contribution >= 4 is 23.2 Å². The van der Waals surface area contributed by atoms with Crippen molar-refractivity contribution in [3.63, 3.8) is 0 Å². The SMILES string of the molecule is CNC(=O)c1cccc(C(=O)Nc2cccc(NC3CCCC3)c2)c1. The maximum Gasteiger partial charge on any atom is 0.255 e. The van der Waals surface area contributed by atoms with Crippen LogP contribution in [0.1, 0.15) is 46.4 Å². The van der Waals surface area contributed by atoms with E-state index >= 15 is 0 Å². The topological polar surface area (TPSA) is 70.2 Å². The van der Waals surface area contributed by atoms with Crippen molar-refractivity contribution in [3.8, 4) is 0 Å². The highest BCUT2D eigenvalue weighted by atomic mass is 16.2. The van der Waals surface area contributed by atoms with Crippen LogP contribution in [0, 0.1) is 0 Å².